The van der Waals surface area contributed by atoms with Gasteiger partial charge in [0.15, 0.2) is 0 Å². The lowest BCUT2D eigenvalue weighted by Crippen LogP contribution is -2.49. The summed E-state index contributed by atoms with van der Waals surface area (Å²) >= 11 is 0. The van der Waals surface area contributed by atoms with Crippen molar-refractivity contribution in [3.63, 3.8) is 0 Å². The first-order valence-corrected chi connectivity index (χ1v) is 9.02. The highest BCUT2D eigenvalue weighted by molar-refractivity contribution is 5.94. The fourth-order valence-electron chi connectivity index (χ4n) is 3.34. The predicted octanol–water partition coefficient (Wildman–Crippen LogP) is 2.62. The van der Waals surface area contributed by atoms with Crippen LogP contribution in [0.4, 0.5) is 5.69 Å². The van der Waals surface area contributed by atoms with Crippen LogP contribution in [0.1, 0.15) is 18.1 Å². The molecule has 6 heteroatoms. The van der Waals surface area contributed by atoms with Crippen molar-refractivity contribution < 1.29 is 19.1 Å². The predicted molar refractivity (Wildman–Crippen MR) is 103 cm³/mol. The van der Waals surface area contributed by atoms with Crippen LogP contribution in [0.2, 0.25) is 0 Å². The van der Waals surface area contributed by atoms with Gasteiger partial charge in [-0.3, -0.25) is 14.5 Å². The second-order valence-electron chi connectivity index (χ2n) is 6.39. The maximum Gasteiger partial charge on any atom is 0.323 e. The molecule has 0 spiro atoms. The molecule has 0 fully saturated rings. The average molecular weight is 368 g/mol. The Morgan fingerprint density at radius 1 is 1.11 bits per heavy atom. The summed E-state index contributed by atoms with van der Waals surface area (Å²) in [4.78, 5) is 26.7. The average Bonchev–Trinajstić information content (AvgIpc) is 2.68. The van der Waals surface area contributed by atoms with Crippen LogP contribution in [-0.4, -0.2) is 43.1 Å². The van der Waals surface area contributed by atoms with E-state index in [1.165, 1.54) is 7.11 Å². The number of esters is 1. The number of anilines is 1. The fraction of sp³-hybridized carbons (Fsp3) is 0.333. The summed E-state index contributed by atoms with van der Waals surface area (Å²) in [6, 6.07) is 14.8. The molecule has 1 amide bonds. The molecule has 142 valence electrons. The van der Waals surface area contributed by atoms with Gasteiger partial charge in [0.1, 0.15) is 11.8 Å². The van der Waals surface area contributed by atoms with Gasteiger partial charge in [-0.05, 0) is 36.6 Å². The summed E-state index contributed by atoms with van der Waals surface area (Å²) in [5.41, 5.74) is 2.86. The van der Waals surface area contributed by atoms with Crippen molar-refractivity contribution in [2.75, 3.05) is 25.6 Å². The van der Waals surface area contributed by atoms with E-state index in [1.54, 1.807) is 6.07 Å². The summed E-state index contributed by atoms with van der Waals surface area (Å²) in [6.45, 7) is 3.02. The highest BCUT2D eigenvalue weighted by Crippen LogP contribution is 2.26. The molecule has 2 aromatic rings. The Labute approximate surface area is 159 Å². The van der Waals surface area contributed by atoms with Crippen molar-refractivity contribution in [2.45, 2.75) is 25.9 Å². The molecule has 6 nitrogen and oxygen atoms in total. The summed E-state index contributed by atoms with van der Waals surface area (Å²) in [5, 5.41) is 2.89. The van der Waals surface area contributed by atoms with Crippen LogP contribution in [0, 0.1) is 0 Å². The second-order valence-corrected chi connectivity index (χ2v) is 6.39. The van der Waals surface area contributed by atoms with Gasteiger partial charge < -0.3 is 14.8 Å². The van der Waals surface area contributed by atoms with E-state index in [1.807, 2.05) is 54.3 Å². The van der Waals surface area contributed by atoms with E-state index in [9.17, 15) is 9.59 Å². The minimum absolute atomic E-state index is 0.0918. The molecule has 3 rings (SSSR count). The summed E-state index contributed by atoms with van der Waals surface area (Å²) in [6.07, 6.45) is 0.533. The second kappa shape index (κ2) is 8.68. The molecule has 2 aromatic carbocycles. The summed E-state index contributed by atoms with van der Waals surface area (Å²) in [7, 11) is 1.37. The van der Waals surface area contributed by atoms with E-state index < -0.39 is 6.04 Å². The summed E-state index contributed by atoms with van der Waals surface area (Å²) in [5.74, 6) is 0.101. The number of para-hydroxylation sites is 2. The zero-order valence-electron chi connectivity index (χ0n) is 15.6. The molecule has 0 saturated carbocycles. The van der Waals surface area contributed by atoms with Crippen molar-refractivity contribution >= 4 is 17.6 Å². The molecule has 0 aliphatic carbocycles. The molecule has 1 aliphatic rings. The van der Waals surface area contributed by atoms with Crippen molar-refractivity contribution in [1.82, 2.24) is 4.90 Å². The van der Waals surface area contributed by atoms with Crippen molar-refractivity contribution in [3.05, 3.63) is 59.7 Å². The number of nitrogens with one attached hydrogen (secondary N) is 1. The quantitative estimate of drug-likeness (QED) is 0.794. The van der Waals surface area contributed by atoms with Gasteiger partial charge in [-0.2, -0.15) is 0 Å². The van der Waals surface area contributed by atoms with Crippen molar-refractivity contribution in [2.24, 2.45) is 0 Å². The van der Waals surface area contributed by atoms with Crippen LogP contribution in [0.5, 0.6) is 5.75 Å². The fourth-order valence-corrected chi connectivity index (χ4v) is 3.34. The molecule has 0 aromatic heterocycles. The van der Waals surface area contributed by atoms with Gasteiger partial charge in [0.2, 0.25) is 5.91 Å². The van der Waals surface area contributed by atoms with Gasteiger partial charge in [0, 0.05) is 6.54 Å². The molecule has 1 atom stereocenters. The molecule has 0 bridgehead atoms. The Kier molecular flexibility index (Phi) is 6.08. The third-order valence-corrected chi connectivity index (χ3v) is 4.63. The minimum Gasteiger partial charge on any atom is -0.492 e. The van der Waals surface area contributed by atoms with Crippen LogP contribution >= 0.6 is 0 Å². The Bertz CT molecular complexity index is 821. The number of hydrogen-bond donors (Lipinski definition) is 1. The molecule has 1 N–H and O–H groups in total. The SMILES string of the molecule is CCOc1ccccc1NC(=O)CN1Cc2ccccc2C[C@@H]1C(=O)OC. The number of methoxy groups -OCH3 is 1. The standard InChI is InChI=1S/C21H24N2O4/c1-3-27-19-11-7-6-10-17(19)22-20(24)14-23-13-16-9-5-4-8-15(16)12-18(23)21(25)26-2/h4-11,18H,3,12-14H2,1-2H3,(H,22,24)/t18-/m1/s1. The molecule has 0 unspecified atom stereocenters. The van der Waals surface area contributed by atoms with Crippen LogP contribution in [0.25, 0.3) is 0 Å². The first-order chi connectivity index (χ1) is 13.1. The lowest BCUT2D eigenvalue weighted by Gasteiger charge is -2.34. The van der Waals surface area contributed by atoms with Gasteiger partial charge in [-0.1, -0.05) is 36.4 Å². The third kappa shape index (κ3) is 4.46. The maximum atomic E-state index is 12.6. The van der Waals surface area contributed by atoms with Crippen LogP contribution in [0.15, 0.2) is 48.5 Å². The van der Waals surface area contributed by atoms with Gasteiger partial charge >= 0.3 is 5.97 Å². The highest BCUT2D eigenvalue weighted by Gasteiger charge is 2.33. The molecule has 27 heavy (non-hydrogen) atoms. The van der Waals surface area contributed by atoms with Gasteiger partial charge in [0.25, 0.3) is 0 Å². The Balaban J connectivity index is 1.74. The highest BCUT2D eigenvalue weighted by atomic mass is 16.5. The van der Waals surface area contributed by atoms with Gasteiger partial charge in [0.05, 0.1) is 25.9 Å². The number of hydrogen-bond acceptors (Lipinski definition) is 5. The first-order valence-electron chi connectivity index (χ1n) is 9.02. The summed E-state index contributed by atoms with van der Waals surface area (Å²) < 4.78 is 10.5. The molecular formula is C21H24N2O4. The third-order valence-electron chi connectivity index (χ3n) is 4.63. The zero-order chi connectivity index (χ0) is 19.2. The Hall–Kier alpha value is -2.86. The zero-order valence-corrected chi connectivity index (χ0v) is 15.6. The van der Waals surface area contributed by atoms with E-state index >= 15 is 0 Å². The van der Waals surface area contributed by atoms with E-state index in [-0.39, 0.29) is 18.4 Å². The minimum atomic E-state index is -0.474. The number of amides is 1. The molecule has 1 heterocycles. The number of nitrogens with zero attached hydrogens (tertiary/aromatic N) is 1. The number of fused-ring (bicyclic) bond motifs is 1. The molecule has 1 aliphatic heterocycles. The number of rotatable bonds is 6. The van der Waals surface area contributed by atoms with Crippen LogP contribution in [-0.2, 0) is 27.3 Å². The Morgan fingerprint density at radius 3 is 2.56 bits per heavy atom. The van der Waals surface area contributed by atoms with Crippen molar-refractivity contribution in [1.29, 1.82) is 0 Å². The van der Waals surface area contributed by atoms with E-state index in [4.69, 9.17) is 9.47 Å². The van der Waals surface area contributed by atoms with Crippen LogP contribution in [0.3, 0.4) is 0 Å². The van der Waals surface area contributed by atoms with Gasteiger partial charge in [-0.25, -0.2) is 0 Å². The van der Waals surface area contributed by atoms with Gasteiger partial charge in [-0.15, -0.1) is 0 Å². The number of carbonyl (C=O) groups is 2. The number of carbonyl (C=O) groups excluding carboxylic acids is 2. The van der Waals surface area contributed by atoms with E-state index in [2.05, 4.69) is 5.32 Å². The van der Waals surface area contributed by atoms with E-state index in [0.29, 0.717) is 31.0 Å². The number of ether oxygens (including phenoxy) is 2. The van der Waals surface area contributed by atoms with Crippen LogP contribution < -0.4 is 10.1 Å². The maximum absolute atomic E-state index is 12.6. The topological polar surface area (TPSA) is 67.9 Å². The lowest BCUT2D eigenvalue weighted by atomic mass is 9.94. The first kappa shape index (κ1) is 18.9. The number of benzene rings is 2. The molecule has 0 radical (unpaired) electrons. The van der Waals surface area contributed by atoms with Crippen molar-refractivity contribution in [3.8, 4) is 5.75 Å². The Morgan fingerprint density at radius 2 is 1.81 bits per heavy atom. The molecular weight excluding hydrogens is 344 g/mol. The monoisotopic (exact) mass is 368 g/mol. The molecule has 0 saturated heterocycles. The van der Waals surface area contributed by atoms with E-state index in [0.717, 1.165) is 11.1 Å². The smallest absolute Gasteiger partial charge is 0.323 e. The largest absolute Gasteiger partial charge is 0.492 e. The lowest BCUT2D eigenvalue weighted by molar-refractivity contribution is -0.148. The normalized spacial score (nSPS) is 16.3.